The van der Waals surface area contributed by atoms with Gasteiger partial charge in [-0.05, 0) is 24.6 Å². The third-order valence-corrected chi connectivity index (χ3v) is 3.18. The number of nitrogens with zero attached hydrogens (tertiary/aromatic N) is 1. The van der Waals surface area contributed by atoms with Crippen LogP contribution < -0.4 is 10.6 Å². The molecule has 1 heterocycles. The van der Waals surface area contributed by atoms with Gasteiger partial charge in [0.1, 0.15) is 0 Å². The van der Waals surface area contributed by atoms with Crippen LogP contribution in [0.3, 0.4) is 0 Å². The molecule has 0 atom stereocenters. The summed E-state index contributed by atoms with van der Waals surface area (Å²) in [7, 11) is 0. The quantitative estimate of drug-likeness (QED) is 0.832. The molecular weight excluding hydrogens is 232 g/mol. The van der Waals surface area contributed by atoms with Crippen molar-refractivity contribution in [3.63, 3.8) is 0 Å². The van der Waals surface area contributed by atoms with Crippen LogP contribution in [0.4, 0.5) is 5.69 Å². The number of benzene rings is 1. The third-order valence-electron chi connectivity index (χ3n) is 3.18. The lowest BCUT2D eigenvalue weighted by Crippen LogP contribution is -2.48. The molecule has 0 radical (unpaired) electrons. The Kier molecular flexibility index (Phi) is 3.23. The molecule has 0 aromatic heterocycles. The second-order valence-corrected chi connectivity index (χ2v) is 4.75. The van der Waals surface area contributed by atoms with E-state index in [1.165, 1.54) is 0 Å². The Balaban J connectivity index is 2.13. The highest BCUT2D eigenvalue weighted by molar-refractivity contribution is 5.99. The van der Waals surface area contributed by atoms with Crippen molar-refractivity contribution >= 4 is 17.6 Å². The predicted octanol–water partition coefficient (Wildman–Crippen LogP) is 1.00. The number of hydrogen-bond donors (Lipinski definition) is 2. The largest absolute Gasteiger partial charge is 0.481 e. The Morgan fingerprint density at radius 3 is 2.67 bits per heavy atom. The molecule has 1 saturated heterocycles. The van der Waals surface area contributed by atoms with Crippen molar-refractivity contribution in [2.75, 3.05) is 18.0 Å². The smallest absolute Gasteiger partial charge is 0.303 e. The number of carbonyl (C=O) groups excluding carboxylic acids is 1. The molecule has 5 heteroatoms. The van der Waals surface area contributed by atoms with E-state index in [1.54, 1.807) is 6.07 Å². The van der Waals surface area contributed by atoms with Crippen molar-refractivity contribution in [1.29, 1.82) is 0 Å². The van der Waals surface area contributed by atoms with Gasteiger partial charge in [0.25, 0.3) is 5.91 Å². The molecule has 1 aromatic carbocycles. The maximum Gasteiger partial charge on any atom is 0.303 e. The number of aliphatic carboxylic acids is 1. The Hall–Kier alpha value is -2.04. The minimum Gasteiger partial charge on any atom is -0.481 e. The van der Waals surface area contributed by atoms with Crippen molar-refractivity contribution in [3.05, 3.63) is 29.3 Å². The molecule has 3 N–H and O–H groups in total. The zero-order valence-corrected chi connectivity index (χ0v) is 10.2. The van der Waals surface area contributed by atoms with Gasteiger partial charge in [-0.1, -0.05) is 6.07 Å². The number of carboxylic acid groups (broad SMARTS) is 1. The molecule has 0 saturated carbocycles. The molecule has 0 bridgehead atoms. The van der Waals surface area contributed by atoms with Gasteiger partial charge in [-0.15, -0.1) is 0 Å². The van der Waals surface area contributed by atoms with E-state index in [9.17, 15) is 9.59 Å². The lowest BCUT2D eigenvalue weighted by Gasteiger charge is -2.41. The molecule has 0 unspecified atom stereocenters. The predicted molar refractivity (Wildman–Crippen MR) is 67.7 cm³/mol. The number of hydrogen-bond acceptors (Lipinski definition) is 3. The van der Waals surface area contributed by atoms with Crippen LogP contribution in [0.2, 0.25) is 0 Å². The van der Waals surface area contributed by atoms with E-state index in [0.29, 0.717) is 18.7 Å². The Bertz CT molecular complexity index is 493. The zero-order chi connectivity index (χ0) is 13.3. The molecule has 1 amide bonds. The Labute approximate surface area is 105 Å². The molecular formula is C13H16N2O3. The van der Waals surface area contributed by atoms with Crippen LogP contribution >= 0.6 is 0 Å². The first-order chi connectivity index (χ1) is 8.47. The average Bonchev–Trinajstić information content (AvgIpc) is 2.21. The van der Waals surface area contributed by atoms with Crippen LogP contribution in [0.5, 0.6) is 0 Å². The average molecular weight is 248 g/mol. The number of aryl methyl sites for hydroxylation is 1. The fraction of sp³-hybridized carbons (Fsp3) is 0.385. The summed E-state index contributed by atoms with van der Waals surface area (Å²) in [6.45, 7) is 3.27. The number of carbonyl (C=O) groups is 2. The molecule has 5 nitrogen and oxygen atoms in total. The summed E-state index contributed by atoms with van der Waals surface area (Å²) in [6, 6.07) is 5.48. The van der Waals surface area contributed by atoms with E-state index in [1.807, 2.05) is 24.0 Å². The SMILES string of the molecule is Cc1ccc(C(N)=O)c(N2CC(CC(=O)O)C2)c1. The third kappa shape index (κ3) is 2.45. The van der Waals surface area contributed by atoms with Gasteiger partial charge < -0.3 is 15.7 Å². The molecule has 0 spiro atoms. The molecule has 2 rings (SSSR count). The second-order valence-electron chi connectivity index (χ2n) is 4.75. The van der Waals surface area contributed by atoms with Crippen molar-refractivity contribution in [2.45, 2.75) is 13.3 Å². The van der Waals surface area contributed by atoms with Crippen LogP contribution in [-0.2, 0) is 4.79 Å². The van der Waals surface area contributed by atoms with Crippen LogP contribution in [0, 0.1) is 12.8 Å². The maximum absolute atomic E-state index is 11.3. The summed E-state index contributed by atoms with van der Waals surface area (Å²) in [5.41, 5.74) is 7.69. The number of anilines is 1. The summed E-state index contributed by atoms with van der Waals surface area (Å²) < 4.78 is 0. The molecule has 18 heavy (non-hydrogen) atoms. The van der Waals surface area contributed by atoms with Gasteiger partial charge in [-0.25, -0.2) is 0 Å². The summed E-state index contributed by atoms with van der Waals surface area (Å²) in [4.78, 5) is 23.9. The number of primary amides is 1. The van der Waals surface area contributed by atoms with Gasteiger partial charge in [0.15, 0.2) is 0 Å². The summed E-state index contributed by atoms with van der Waals surface area (Å²) >= 11 is 0. The maximum atomic E-state index is 11.3. The highest BCUT2D eigenvalue weighted by Gasteiger charge is 2.30. The number of rotatable bonds is 4. The number of nitrogens with two attached hydrogens (primary N) is 1. The van der Waals surface area contributed by atoms with Crippen LogP contribution in [0.15, 0.2) is 18.2 Å². The fourth-order valence-electron chi connectivity index (χ4n) is 2.25. The lowest BCUT2D eigenvalue weighted by molar-refractivity contribution is -0.138. The standard InChI is InChI=1S/C13H16N2O3/c1-8-2-3-10(13(14)18)11(4-8)15-6-9(7-15)5-12(16)17/h2-4,9H,5-7H2,1H3,(H2,14,18)(H,16,17). The van der Waals surface area contributed by atoms with Gasteiger partial charge in [0.2, 0.25) is 0 Å². The fourth-order valence-corrected chi connectivity index (χ4v) is 2.25. The van der Waals surface area contributed by atoms with Gasteiger partial charge in [0, 0.05) is 24.7 Å². The molecule has 1 fully saturated rings. The minimum atomic E-state index is -0.779. The van der Waals surface area contributed by atoms with Crippen LogP contribution in [0.25, 0.3) is 0 Å². The van der Waals surface area contributed by atoms with Crippen LogP contribution in [-0.4, -0.2) is 30.1 Å². The van der Waals surface area contributed by atoms with Gasteiger partial charge in [-0.3, -0.25) is 9.59 Å². The first-order valence-electron chi connectivity index (χ1n) is 5.84. The van der Waals surface area contributed by atoms with E-state index >= 15 is 0 Å². The number of carboxylic acids is 1. The first-order valence-corrected chi connectivity index (χ1v) is 5.84. The molecule has 0 aliphatic carbocycles. The summed E-state index contributed by atoms with van der Waals surface area (Å²) in [6.07, 6.45) is 0.175. The van der Waals surface area contributed by atoms with Crippen LogP contribution in [0.1, 0.15) is 22.3 Å². The molecule has 1 aliphatic rings. The van der Waals surface area contributed by atoms with E-state index < -0.39 is 11.9 Å². The number of amides is 1. The molecule has 1 aliphatic heterocycles. The van der Waals surface area contributed by atoms with E-state index in [4.69, 9.17) is 10.8 Å². The molecule has 1 aromatic rings. The van der Waals surface area contributed by atoms with Crippen molar-refractivity contribution < 1.29 is 14.7 Å². The van der Waals surface area contributed by atoms with Crippen molar-refractivity contribution in [2.24, 2.45) is 11.7 Å². The monoisotopic (exact) mass is 248 g/mol. The van der Waals surface area contributed by atoms with E-state index in [-0.39, 0.29) is 12.3 Å². The van der Waals surface area contributed by atoms with Gasteiger partial charge in [0.05, 0.1) is 12.0 Å². The molecule has 96 valence electrons. The first kappa shape index (κ1) is 12.4. The van der Waals surface area contributed by atoms with E-state index in [2.05, 4.69) is 0 Å². The Morgan fingerprint density at radius 1 is 1.44 bits per heavy atom. The lowest BCUT2D eigenvalue weighted by atomic mass is 9.94. The van der Waals surface area contributed by atoms with E-state index in [0.717, 1.165) is 11.3 Å². The zero-order valence-electron chi connectivity index (χ0n) is 10.2. The Morgan fingerprint density at radius 2 is 2.11 bits per heavy atom. The van der Waals surface area contributed by atoms with Gasteiger partial charge in [-0.2, -0.15) is 0 Å². The summed E-state index contributed by atoms with van der Waals surface area (Å²) in [5, 5.41) is 8.70. The highest BCUT2D eigenvalue weighted by atomic mass is 16.4. The van der Waals surface area contributed by atoms with Crippen molar-refractivity contribution in [3.8, 4) is 0 Å². The van der Waals surface area contributed by atoms with Crippen molar-refractivity contribution in [1.82, 2.24) is 0 Å². The minimum absolute atomic E-state index is 0.156. The second kappa shape index (κ2) is 4.68. The van der Waals surface area contributed by atoms with Gasteiger partial charge >= 0.3 is 5.97 Å². The summed E-state index contributed by atoms with van der Waals surface area (Å²) in [5.74, 6) is -1.07. The normalized spacial score (nSPS) is 15.3. The highest BCUT2D eigenvalue weighted by Crippen LogP contribution is 2.30. The topological polar surface area (TPSA) is 83.6 Å².